The van der Waals surface area contributed by atoms with E-state index in [1.807, 2.05) is 30.3 Å². The number of nitrogens with zero attached hydrogens (tertiary/aromatic N) is 1. The molecule has 1 aromatic carbocycles. The summed E-state index contributed by atoms with van der Waals surface area (Å²) >= 11 is 7.47. The Hall–Kier alpha value is -2.04. The molecule has 2 aromatic rings. The maximum atomic E-state index is 12.8. The molecule has 1 aliphatic heterocycles. The van der Waals surface area contributed by atoms with Crippen LogP contribution < -0.4 is 5.32 Å². The molecule has 8 heteroatoms. The molecule has 0 radical (unpaired) electrons. The molecule has 1 atom stereocenters. The van der Waals surface area contributed by atoms with Crippen LogP contribution in [0.2, 0.25) is 0 Å². The van der Waals surface area contributed by atoms with E-state index in [0.717, 1.165) is 9.13 Å². The molecule has 1 saturated heterocycles. The number of carboxylic acid groups (broad SMARTS) is 1. The van der Waals surface area contributed by atoms with Crippen molar-refractivity contribution in [3.05, 3.63) is 51.4 Å². The molecule has 1 aromatic heterocycles. The highest BCUT2D eigenvalue weighted by Crippen LogP contribution is 2.27. The number of hydrogen-bond acceptors (Lipinski definition) is 4. The molecule has 1 unspecified atom stereocenters. The molecule has 1 aliphatic rings. The molecule has 0 spiro atoms. The van der Waals surface area contributed by atoms with Gasteiger partial charge in [0.2, 0.25) is 0 Å². The number of quaternary nitrogens is 1. The normalized spacial score (nSPS) is 21.2. The fourth-order valence-electron chi connectivity index (χ4n) is 2.84. The lowest BCUT2D eigenvalue weighted by Gasteiger charge is -2.25. The van der Waals surface area contributed by atoms with Gasteiger partial charge in [-0.1, -0.05) is 12.1 Å². The molecule has 0 saturated carbocycles. The Morgan fingerprint density at radius 3 is 2.81 bits per heavy atom. The topological polar surface area (TPSA) is 79.5 Å². The predicted molar refractivity (Wildman–Crippen MR) is 109 cm³/mol. The van der Waals surface area contributed by atoms with Gasteiger partial charge in [0, 0.05) is 27.4 Å². The van der Waals surface area contributed by atoms with Crippen molar-refractivity contribution in [1.82, 2.24) is 5.32 Å². The van der Waals surface area contributed by atoms with E-state index < -0.39 is 10.5 Å². The molecule has 2 N–H and O–H groups in total. The molecule has 2 heterocycles. The average Bonchev–Trinajstić information content (AvgIpc) is 3.14. The second-order valence-corrected chi connectivity index (χ2v) is 7.47. The fraction of sp³-hybridized carbons (Fsp3) is 0.167. The van der Waals surface area contributed by atoms with Crippen LogP contribution in [0.3, 0.4) is 0 Å². The van der Waals surface area contributed by atoms with Crippen LogP contribution >= 0.6 is 34.8 Å². The van der Waals surface area contributed by atoms with E-state index in [9.17, 15) is 9.59 Å². The van der Waals surface area contributed by atoms with Crippen molar-refractivity contribution >= 4 is 57.9 Å². The van der Waals surface area contributed by atoms with E-state index in [-0.39, 0.29) is 29.8 Å². The van der Waals surface area contributed by atoms with Gasteiger partial charge < -0.3 is 9.52 Å². The number of amides is 1. The standard InChI is InChI=1S/C18H15IN2O4S/c1-2-21(10-16(22)23)17(24)14(20-18(21)26)9-13-6-7-15(25-13)11-4-3-5-12(19)8-11/h3-9H,2,10H2,1H3,(H-,20,22,23,26)/p+1. The molecule has 134 valence electrons. The van der Waals surface area contributed by atoms with Crippen LogP contribution in [0.4, 0.5) is 0 Å². The van der Waals surface area contributed by atoms with Gasteiger partial charge >= 0.3 is 11.9 Å². The smallest absolute Gasteiger partial charge is 0.369 e. The summed E-state index contributed by atoms with van der Waals surface area (Å²) < 4.78 is 6.49. The molecular weight excluding hydrogens is 467 g/mol. The van der Waals surface area contributed by atoms with Crippen LogP contribution in [-0.4, -0.2) is 39.7 Å². The third-order valence-electron chi connectivity index (χ3n) is 4.22. The summed E-state index contributed by atoms with van der Waals surface area (Å²) in [7, 11) is 0. The number of hydrogen-bond donors (Lipinski definition) is 2. The van der Waals surface area contributed by atoms with Gasteiger partial charge in [0.25, 0.3) is 5.11 Å². The first-order chi connectivity index (χ1) is 12.4. The number of thiocarbonyl (C=S) groups is 1. The summed E-state index contributed by atoms with van der Waals surface area (Å²) in [6, 6.07) is 11.5. The third-order valence-corrected chi connectivity index (χ3v) is 5.34. The highest BCUT2D eigenvalue weighted by molar-refractivity contribution is 14.1. The number of nitrogens with one attached hydrogen (secondary N) is 1. The monoisotopic (exact) mass is 483 g/mol. The Morgan fingerprint density at radius 2 is 2.15 bits per heavy atom. The number of carbonyl (C=O) groups excluding carboxylic acids is 1. The lowest BCUT2D eigenvalue weighted by molar-refractivity contribution is -0.746. The zero-order chi connectivity index (χ0) is 18.9. The van der Waals surface area contributed by atoms with E-state index in [1.165, 1.54) is 0 Å². The van der Waals surface area contributed by atoms with Crippen molar-refractivity contribution in [2.75, 3.05) is 13.1 Å². The van der Waals surface area contributed by atoms with Gasteiger partial charge in [-0.3, -0.25) is 5.32 Å². The minimum atomic E-state index is -1.08. The van der Waals surface area contributed by atoms with Crippen molar-refractivity contribution in [3.63, 3.8) is 0 Å². The van der Waals surface area contributed by atoms with Gasteiger partial charge in [0.1, 0.15) is 11.5 Å². The summed E-state index contributed by atoms with van der Waals surface area (Å²) in [5.41, 5.74) is 1.17. The first kappa shape index (κ1) is 18.7. The Kier molecular flexibility index (Phi) is 5.26. The number of rotatable bonds is 5. The minimum absolute atomic E-state index is 0.190. The number of benzene rings is 1. The fourth-order valence-corrected chi connectivity index (χ4v) is 3.77. The first-order valence-electron chi connectivity index (χ1n) is 7.88. The number of likely N-dealkylation sites (N-methyl/N-ethyl adjacent to an activating group) is 1. The first-order valence-corrected chi connectivity index (χ1v) is 9.37. The van der Waals surface area contributed by atoms with Crippen LogP contribution in [0, 0.1) is 3.57 Å². The average molecular weight is 483 g/mol. The van der Waals surface area contributed by atoms with Gasteiger partial charge in [0.05, 0.1) is 6.54 Å². The van der Waals surface area contributed by atoms with Gasteiger partial charge in [-0.15, -0.1) is 0 Å². The molecule has 0 aliphatic carbocycles. The quantitative estimate of drug-likeness (QED) is 0.294. The summed E-state index contributed by atoms with van der Waals surface area (Å²) in [5.74, 6) is -0.272. The lowest BCUT2D eigenvalue weighted by atomic mass is 10.2. The van der Waals surface area contributed by atoms with E-state index >= 15 is 0 Å². The van der Waals surface area contributed by atoms with Crippen LogP contribution in [0.25, 0.3) is 17.4 Å². The van der Waals surface area contributed by atoms with Crippen LogP contribution in [0.5, 0.6) is 0 Å². The number of carboxylic acids is 1. The van der Waals surface area contributed by atoms with Crippen LogP contribution in [0.15, 0.2) is 46.5 Å². The number of aliphatic carboxylic acids is 1. The molecule has 1 amide bonds. The highest BCUT2D eigenvalue weighted by atomic mass is 127. The van der Waals surface area contributed by atoms with E-state index in [4.69, 9.17) is 21.7 Å². The van der Waals surface area contributed by atoms with E-state index in [2.05, 4.69) is 27.9 Å². The molecular formula is C18H16IN2O4S+. The van der Waals surface area contributed by atoms with Crippen molar-refractivity contribution < 1.29 is 23.6 Å². The molecule has 3 rings (SSSR count). The molecule has 0 bridgehead atoms. The number of halogens is 1. The minimum Gasteiger partial charge on any atom is -0.477 e. The summed E-state index contributed by atoms with van der Waals surface area (Å²) in [6.45, 7) is 1.62. The van der Waals surface area contributed by atoms with Crippen molar-refractivity contribution in [2.45, 2.75) is 6.92 Å². The molecule has 1 fully saturated rings. The van der Waals surface area contributed by atoms with Crippen molar-refractivity contribution in [3.8, 4) is 11.3 Å². The second kappa shape index (κ2) is 7.29. The number of furan rings is 1. The van der Waals surface area contributed by atoms with Gasteiger partial charge in [-0.2, -0.15) is 4.48 Å². The van der Waals surface area contributed by atoms with Gasteiger partial charge in [0.15, 0.2) is 12.2 Å². The van der Waals surface area contributed by atoms with Gasteiger partial charge in [-0.25, -0.2) is 9.59 Å². The summed E-state index contributed by atoms with van der Waals surface area (Å²) in [5, 5.41) is 12.2. The Bertz CT molecular complexity index is 937. The van der Waals surface area contributed by atoms with E-state index in [0.29, 0.717) is 11.5 Å². The largest absolute Gasteiger partial charge is 0.477 e. The second-order valence-electron chi connectivity index (χ2n) is 5.84. The summed E-state index contributed by atoms with van der Waals surface area (Å²) in [4.78, 5) is 23.9. The zero-order valence-corrected chi connectivity index (χ0v) is 16.8. The summed E-state index contributed by atoms with van der Waals surface area (Å²) in [6.07, 6.45) is 1.56. The lowest BCUT2D eigenvalue weighted by Crippen LogP contribution is -2.55. The third kappa shape index (κ3) is 3.44. The maximum absolute atomic E-state index is 12.8. The van der Waals surface area contributed by atoms with Crippen LogP contribution in [0.1, 0.15) is 12.7 Å². The van der Waals surface area contributed by atoms with Crippen LogP contribution in [-0.2, 0) is 9.59 Å². The zero-order valence-electron chi connectivity index (χ0n) is 13.9. The molecule has 6 nitrogen and oxygen atoms in total. The highest BCUT2D eigenvalue weighted by Gasteiger charge is 2.50. The van der Waals surface area contributed by atoms with Crippen molar-refractivity contribution in [1.29, 1.82) is 0 Å². The molecule has 26 heavy (non-hydrogen) atoms. The Balaban J connectivity index is 1.91. The predicted octanol–water partition coefficient (Wildman–Crippen LogP) is 3.23. The Morgan fingerprint density at radius 1 is 1.38 bits per heavy atom. The Labute approximate surface area is 169 Å². The van der Waals surface area contributed by atoms with Gasteiger partial charge in [-0.05, 0) is 53.8 Å². The maximum Gasteiger partial charge on any atom is 0.369 e. The SMILES string of the molecule is CC[N+]1(CC(=O)O)C(=O)C(=Cc2ccc(-c3cccc(I)c3)o2)NC1=S. The van der Waals surface area contributed by atoms with E-state index in [1.54, 1.807) is 19.1 Å². The number of carbonyl (C=O) groups is 2. The van der Waals surface area contributed by atoms with Crippen molar-refractivity contribution in [2.24, 2.45) is 0 Å².